The van der Waals surface area contributed by atoms with Gasteiger partial charge in [-0.1, -0.05) is 25.5 Å². The van der Waals surface area contributed by atoms with Crippen LogP contribution in [0.25, 0.3) is 0 Å². The summed E-state index contributed by atoms with van der Waals surface area (Å²) in [7, 11) is 1.56. The van der Waals surface area contributed by atoms with Crippen molar-refractivity contribution in [1.29, 1.82) is 0 Å². The minimum Gasteiger partial charge on any atom is -0.496 e. The third-order valence-electron chi connectivity index (χ3n) is 3.82. The van der Waals surface area contributed by atoms with E-state index >= 15 is 0 Å². The van der Waals surface area contributed by atoms with Crippen LogP contribution in [-0.4, -0.2) is 38.3 Å². The third kappa shape index (κ3) is 6.75. The van der Waals surface area contributed by atoms with Crippen LogP contribution in [0.4, 0.5) is 0 Å². The molecule has 2 N–H and O–H groups in total. The van der Waals surface area contributed by atoms with Gasteiger partial charge in [-0.3, -0.25) is 9.59 Å². The molecule has 28 heavy (non-hydrogen) atoms. The van der Waals surface area contributed by atoms with E-state index in [9.17, 15) is 9.59 Å². The Balaban J connectivity index is 1.77. The van der Waals surface area contributed by atoms with Crippen molar-refractivity contribution in [2.24, 2.45) is 5.10 Å². The van der Waals surface area contributed by atoms with Gasteiger partial charge in [0.15, 0.2) is 0 Å². The van der Waals surface area contributed by atoms with Crippen LogP contribution in [0, 0.1) is 0 Å². The second-order valence-corrected chi connectivity index (χ2v) is 5.94. The van der Waals surface area contributed by atoms with Crippen LogP contribution < -0.4 is 20.2 Å². The molecular weight excluding hydrogens is 358 g/mol. The van der Waals surface area contributed by atoms with E-state index in [-0.39, 0.29) is 12.5 Å². The molecule has 0 bridgehead atoms. The fourth-order valence-electron chi connectivity index (χ4n) is 2.29. The monoisotopic (exact) mass is 383 g/mol. The van der Waals surface area contributed by atoms with Crippen LogP contribution in [0.3, 0.4) is 0 Å². The second kappa shape index (κ2) is 11.4. The van der Waals surface area contributed by atoms with Crippen LogP contribution in [-0.2, 0) is 4.79 Å². The van der Waals surface area contributed by atoms with E-state index in [4.69, 9.17) is 9.47 Å². The van der Waals surface area contributed by atoms with Gasteiger partial charge in [0.25, 0.3) is 11.8 Å². The molecule has 2 aromatic carbocycles. The first-order valence-electron chi connectivity index (χ1n) is 9.10. The molecule has 0 heterocycles. The average Bonchev–Trinajstić information content (AvgIpc) is 2.73. The predicted molar refractivity (Wildman–Crippen MR) is 108 cm³/mol. The van der Waals surface area contributed by atoms with E-state index in [0.29, 0.717) is 23.7 Å². The van der Waals surface area contributed by atoms with Crippen molar-refractivity contribution in [3.05, 3.63) is 59.7 Å². The zero-order valence-corrected chi connectivity index (χ0v) is 16.1. The third-order valence-corrected chi connectivity index (χ3v) is 3.82. The number of nitrogens with one attached hydrogen (secondary N) is 2. The summed E-state index contributed by atoms with van der Waals surface area (Å²) < 4.78 is 10.8. The van der Waals surface area contributed by atoms with Crippen molar-refractivity contribution in [3.63, 3.8) is 0 Å². The van der Waals surface area contributed by atoms with Crippen molar-refractivity contribution in [3.8, 4) is 11.5 Å². The van der Waals surface area contributed by atoms with Crippen LogP contribution in [0.1, 0.15) is 35.7 Å². The lowest BCUT2D eigenvalue weighted by molar-refractivity contribution is -0.120. The van der Waals surface area contributed by atoms with E-state index in [1.165, 1.54) is 6.21 Å². The molecule has 0 unspecified atom stereocenters. The highest BCUT2D eigenvalue weighted by molar-refractivity contribution is 5.96. The maximum atomic E-state index is 12.1. The van der Waals surface area contributed by atoms with Gasteiger partial charge in [-0.2, -0.15) is 5.10 Å². The number of hydrogen-bond acceptors (Lipinski definition) is 5. The minimum absolute atomic E-state index is 0.184. The maximum Gasteiger partial charge on any atom is 0.259 e. The number of carbonyl (C=O) groups is 2. The molecule has 2 aromatic rings. The highest BCUT2D eigenvalue weighted by atomic mass is 16.5. The number of unbranched alkanes of at least 4 members (excludes halogenated alkanes) is 1. The van der Waals surface area contributed by atoms with Crippen molar-refractivity contribution in [2.45, 2.75) is 19.8 Å². The Labute approximate surface area is 164 Å². The lowest BCUT2D eigenvalue weighted by atomic mass is 10.2. The normalized spacial score (nSPS) is 10.5. The number of methoxy groups -OCH3 is 1. The van der Waals surface area contributed by atoms with Gasteiger partial charge in [0.05, 0.1) is 26.5 Å². The van der Waals surface area contributed by atoms with Gasteiger partial charge in [0, 0.05) is 11.1 Å². The number of amides is 2. The quantitative estimate of drug-likeness (QED) is 0.375. The topological polar surface area (TPSA) is 89.0 Å². The number of benzene rings is 2. The first kappa shape index (κ1) is 21.0. The van der Waals surface area contributed by atoms with Gasteiger partial charge in [0.2, 0.25) is 0 Å². The van der Waals surface area contributed by atoms with E-state index in [2.05, 4.69) is 22.8 Å². The van der Waals surface area contributed by atoms with Gasteiger partial charge in [0.1, 0.15) is 11.5 Å². The molecule has 0 saturated carbocycles. The van der Waals surface area contributed by atoms with E-state index in [0.717, 1.165) is 18.4 Å². The molecule has 2 rings (SSSR count). The number of nitrogens with zero attached hydrogens (tertiary/aromatic N) is 1. The molecule has 0 aliphatic heterocycles. The number of hydrogen-bond donors (Lipinski definition) is 2. The molecular formula is C21H25N3O4. The number of carbonyl (C=O) groups excluding carboxylic acids is 2. The largest absolute Gasteiger partial charge is 0.496 e. The van der Waals surface area contributed by atoms with E-state index in [1.807, 2.05) is 18.2 Å². The lowest BCUT2D eigenvalue weighted by Gasteiger charge is -2.07. The van der Waals surface area contributed by atoms with Crippen molar-refractivity contribution >= 4 is 18.0 Å². The standard InChI is InChI=1S/C21H25N3O4/c1-3-4-13-28-18-11-9-16(10-12-18)21(26)22-15-20(25)24-23-14-17-7-5-6-8-19(17)27-2/h5-12,14H,3-4,13,15H2,1-2H3,(H,22,26)(H,24,25). The second-order valence-electron chi connectivity index (χ2n) is 5.94. The van der Waals surface area contributed by atoms with Crippen molar-refractivity contribution < 1.29 is 19.1 Å². The summed E-state index contributed by atoms with van der Waals surface area (Å²) in [6, 6.07) is 14.1. The van der Waals surface area contributed by atoms with Crippen LogP contribution in [0.15, 0.2) is 53.6 Å². The van der Waals surface area contributed by atoms with Gasteiger partial charge in [-0.05, 0) is 42.8 Å². The molecule has 0 aliphatic carbocycles. The SMILES string of the molecule is CCCCOc1ccc(C(=O)NCC(=O)NN=Cc2ccccc2OC)cc1. The number of para-hydroxylation sites is 1. The van der Waals surface area contributed by atoms with Gasteiger partial charge >= 0.3 is 0 Å². The molecule has 0 saturated heterocycles. The summed E-state index contributed by atoms with van der Waals surface area (Å²) in [4.78, 5) is 23.9. The van der Waals surface area contributed by atoms with E-state index < -0.39 is 5.91 Å². The maximum absolute atomic E-state index is 12.1. The number of hydrazone groups is 1. The Bertz CT molecular complexity index is 804. The molecule has 148 valence electrons. The first-order valence-corrected chi connectivity index (χ1v) is 9.10. The summed E-state index contributed by atoms with van der Waals surface area (Å²) in [5.74, 6) is 0.590. The molecule has 0 spiro atoms. The van der Waals surface area contributed by atoms with Crippen LogP contribution in [0.2, 0.25) is 0 Å². The molecule has 7 heteroatoms. The Hall–Kier alpha value is -3.35. The van der Waals surface area contributed by atoms with Gasteiger partial charge in [-0.15, -0.1) is 0 Å². The fourth-order valence-corrected chi connectivity index (χ4v) is 2.29. The summed E-state index contributed by atoms with van der Waals surface area (Å²) in [5, 5.41) is 6.43. The Morgan fingerprint density at radius 3 is 2.57 bits per heavy atom. The summed E-state index contributed by atoms with van der Waals surface area (Å²) >= 11 is 0. The molecule has 2 amide bonds. The number of ether oxygens (including phenoxy) is 2. The Kier molecular flexibility index (Phi) is 8.52. The number of rotatable bonds is 10. The summed E-state index contributed by atoms with van der Waals surface area (Å²) in [6.07, 6.45) is 3.53. The fraction of sp³-hybridized carbons (Fsp3) is 0.286. The molecule has 0 aliphatic rings. The molecule has 0 fully saturated rings. The zero-order chi connectivity index (χ0) is 20.2. The Morgan fingerprint density at radius 1 is 1.11 bits per heavy atom. The van der Waals surface area contributed by atoms with Gasteiger partial charge in [-0.25, -0.2) is 5.43 Å². The van der Waals surface area contributed by atoms with Crippen LogP contribution >= 0.6 is 0 Å². The lowest BCUT2D eigenvalue weighted by Crippen LogP contribution is -2.34. The highest BCUT2D eigenvalue weighted by Gasteiger charge is 2.08. The minimum atomic E-state index is -0.431. The Morgan fingerprint density at radius 2 is 1.86 bits per heavy atom. The molecule has 0 radical (unpaired) electrons. The first-order chi connectivity index (χ1) is 13.6. The molecule has 7 nitrogen and oxygen atoms in total. The summed E-state index contributed by atoms with van der Waals surface area (Å²) in [5.41, 5.74) is 3.55. The highest BCUT2D eigenvalue weighted by Crippen LogP contribution is 2.14. The van der Waals surface area contributed by atoms with Crippen LogP contribution in [0.5, 0.6) is 11.5 Å². The van der Waals surface area contributed by atoms with Crippen molar-refractivity contribution in [2.75, 3.05) is 20.3 Å². The van der Waals surface area contributed by atoms with Gasteiger partial charge < -0.3 is 14.8 Å². The molecule has 0 atom stereocenters. The van der Waals surface area contributed by atoms with Crippen molar-refractivity contribution in [1.82, 2.24) is 10.7 Å². The summed E-state index contributed by atoms with van der Waals surface area (Å²) in [6.45, 7) is 2.56. The van der Waals surface area contributed by atoms with E-state index in [1.54, 1.807) is 37.4 Å². The predicted octanol–water partition coefficient (Wildman–Crippen LogP) is 2.75. The smallest absolute Gasteiger partial charge is 0.259 e. The average molecular weight is 383 g/mol. The molecule has 0 aromatic heterocycles. The zero-order valence-electron chi connectivity index (χ0n) is 16.1.